The Morgan fingerprint density at radius 2 is 2.11 bits per heavy atom. The number of rotatable bonds is 3. The fourth-order valence-corrected chi connectivity index (χ4v) is 2.01. The molecule has 0 spiro atoms. The van der Waals surface area contributed by atoms with Crippen molar-refractivity contribution in [1.82, 2.24) is 9.97 Å². The largest absolute Gasteiger partial charge is 0.439 e. The van der Waals surface area contributed by atoms with E-state index < -0.39 is 0 Å². The average molecular weight is 292 g/mol. The third-order valence-electron chi connectivity index (χ3n) is 2.37. The fraction of sp³-hybridized carbons (Fsp3) is 0.154. The molecule has 0 fully saturated rings. The van der Waals surface area contributed by atoms with E-state index in [1.807, 2.05) is 19.2 Å². The summed E-state index contributed by atoms with van der Waals surface area (Å²) in [5, 5.41) is 9.75. The second-order valence-electron chi connectivity index (χ2n) is 3.71. The third-order valence-corrected chi connectivity index (χ3v) is 3.11. The molecule has 0 amide bonds. The molecule has 0 aliphatic heterocycles. The lowest BCUT2D eigenvalue weighted by Crippen LogP contribution is -1.94. The molecule has 2 aromatic rings. The molecule has 1 aromatic carbocycles. The monoisotopic (exact) mass is 291 g/mol. The number of halogens is 1. The van der Waals surface area contributed by atoms with Gasteiger partial charge in [0.25, 0.3) is 0 Å². The SMILES string of the molecule is CSc1nc(Cl)cc(Oc2cc(C#N)ccc2C)n1. The molecular weight excluding hydrogens is 282 g/mol. The van der Waals surface area contributed by atoms with Crippen molar-refractivity contribution in [2.24, 2.45) is 0 Å². The van der Waals surface area contributed by atoms with Crippen LogP contribution in [0.4, 0.5) is 0 Å². The predicted molar refractivity (Wildman–Crippen MR) is 74.8 cm³/mol. The van der Waals surface area contributed by atoms with E-state index in [4.69, 9.17) is 21.6 Å². The van der Waals surface area contributed by atoms with Gasteiger partial charge < -0.3 is 4.74 Å². The molecule has 0 atom stereocenters. The average Bonchev–Trinajstić information content (AvgIpc) is 2.40. The zero-order chi connectivity index (χ0) is 13.8. The summed E-state index contributed by atoms with van der Waals surface area (Å²) in [5.74, 6) is 0.948. The zero-order valence-electron chi connectivity index (χ0n) is 10.3. The molecule has 0 aliphatic rings. The van der Waals surface area contributed by atoms with Gasteiger partial charge in [0.2, 0.25) is 5.88 Å². The molecule has 0 N–H and O–H groups in total. The van der Waals surface area contributed by atoms with Crippen LogP contribution in [0.15, 0.2) is 29.4 Å². The van der Waals surface area contributed by atoms with Gasteiger partial charge in [0.05, 0.1) is 11.6 Å². The Morgan fingerprint density at radius 3 is 2.79 bits per heavy atom. The van der Waals surface area contributed by atoms with Gasteiger partial charge in [0, 0.05) is 6.07 Å². The van der Waals surface area contributed by atoms with Gasteiger partial charge in [-0.3, -0.25) is 0 Å². The molecule has 0 radical (unpaired) electrons. The highest BCUT2D eigenvalue weighted by Gasteiger charge is 2.07. The number of hydrogen-bond acceptors (Lipinski definition) is 5. The maximum absolute atomic E-state index is 8.89. The summed E-state index contributed by atoms with van der Waals surface area (Å²) in [4.78, 5) is 8.24. The Hall–Kier alpha value is -1.77. The van der Waals surface area contributed by atoms with Gasteiger partial charge in [-0.05, 0) is 30.9 Å². The molecule has 0 bridgehead atoms. The summed E-state index contributed by atoms with van der Waals surface area (Å²) in [6, 6.07) is 8.85. The molecule has 96 valence electrons. The van der Waals surface area contributed by atoms with Crippen LogP contribution in [0.25, 0.3) is 0 Å². The molecule has 6 heteroatoms. The smallest absolute Gasteiger partial charge is 0.224 e. The van der Waals surface area contributed by atoms with Gasteiger partial charge in [0.1, 0.15) is 10.9 Å². The van der Waals surface area contributed by atoms with Crippen LogP contribution in [-0.2, 0) is 0 Å². The molecular formula is C13H10ClN3OS. The zero-order valence-corrected chi connectivity index (χ0v) is 11.9. The van der Waals surface area contributed by atoms with Crippen LogP contribution in [0.1, 0.15) is 11.1 Å². The molecule has 0 saturated carbocycles. The normalized spacial score (nSPS) is 10.0. The van der Waals surface area contributed by atoms with Crippen molar-refractivity contribution in [3.8, 4) is 17.7 Å². The summed E-state index contributed by atoms with van der Waals surface area (Å²) < 4.78 is 5.67. The lowest BCUT2D eigenvalue weighted by atomic mass is 10.1. The van der Waals surface area contributed by atoms with E-state index >= 15 is 0 Å². The molecule has 0 aliphatic carbocycles. The van der Waals surface area contributed by atoms with Crippen LogP contribution >= 0.6 is 23.4 Å². The number of hydrogen-bond donors (Lipinski definition) is 0. The van der Waals surface area contributed by atoms with E-state index in [1.54, 1.807) is 18.2 Å². The standard InChI is InChI=1S/C13H10ClN3OS/c1-8-3-4-9(7-15)5-10(8)18-12-6-11(14)16-13(17-12)19-2/h3-6H,1-2H3. The number of thioether (sulfide) groups is 1. The van der Waals surface area contributed by atoms with E-state index in [1.165, 1.54) is 11.8 Å². The van der Waals surface area contributed by atoms with Gasteiger partial charge in [-0.25, -0.2) is 4.98 Å². The van der Waals surface area contributed by atoms with E-state index in [-0.39, 0.29) is 0 Å². The molecule has 4 nitrogen and oxygen atoms in total. The lowest BCUT2D eigenvalue weighted by Gasteiger charge is -2.08. The minimum atomic E-state index is 0.323. The Labute approximate surface area is 120 Å². The second-order valence-corrected chi connectivity index (χ2v) is 4.87. The summed E-state index contributed by atoms with van der Waals surface area (Å²) >= 11 is 7.28. The van der Waals surface area contributed by atoms with E-state index in [9.17, 15) is 0 Å². The Kier molecular flexibility index (Phi) is 4.25. The number of nitrogens with zero attached hydrogens (tertiary/aromatic N) is 3. The highest BCUT2D eigenvalue weighted by atomic mass is 35.5. The molecule has 0 saturated heterocycles. The third kappa shape index (κ3) is 3.37. The highest BCUT2D eigenvalue weighted by Crippen LogP contribution is 2.27. The summed E-state index contributed by atoms with van der Waals surface area (Å²) in [6.07, 6.45) is 1.86. The first-order valence-corrected chi connectivity index (χ1v) is 7.00. The minimum Gasteiger partial charge on any atom is -0.439 e. The van der Waals surface area contributed by atoms with Gasteiger partial charge in [0.15, 0.2) is 5.16 Å². The van der Waals surface area contributed by atoms with Crippen LogP contribution in [0, 0.1) is 18.3 Å². The Bertz CT molecular complexity index is 655. The van der Waals surface area contributed by atoms with Crippen molar-refractivity contribution in [3.05, 3.63) is 40.5 Å². The van der Waals surface area contributed by atoms with Crippen molar-refractivity contribution in [3.63, 3.8) is 0 Å². The maximum Gasteiger partial charge on any atom is 0.224 e. The van der Waals surface area contributed by atoms with Gasteiger partial charge in [-0.1, -0.05) is 29.4 Å². The number of aromatic nitrogens is 2. The first-order chi connectivity index (χ1) is 9.12. The second kappa shape index (κ2) is 5.91. The van der Waals surface area contributed by atoms with Crippen LogP contribution in [-0.4, -0.2) is 16.2 Å². The number of nitriles is 1. The highest BCUT2D eigenvalue weighted by molar-refractivity contribution is 7.98. The lowest BCUT2D eigenvalue weighted by molar-refractivity contribution is 0.452. The van der Waals surface area contributed by atoms with E-state index in [2.05, 4.69) is 16.0 Å². The van der Waals surface area contributed by atoms with E-state index in [0.717, 1.165) is 5.56 Å². The maximum atomic E-state index is 8.89. The molecule has 1 heterocycles. The van der Waals surface area contributed by atoms with Crippen molar-refractivity contribution < 1.29 is 4.74 Å². The quantitative estimate of drug-likeness (QED) is 0.489. The van der Waals surface area contributed by atoms with Crippen LogP contribution in [0.2, 0.25) is 5.15 Å². The minimum absolute atomic E-state index is 0.323. The predicted octanol–water partition coefficient (Wildman–Crippen LogP) is 3.82. The van der Waals surface area contributed by atoms with Gasteiger partial charge in [-0.15, -0.1) is 0 Å². The number of aryl methyl sites for hydroxylation is 1. The van der Waals surface area contributed by atoms with Gasteiger partial charge >= 0.3 is 0 Å². The Balaban J connectivity index is 2.36. The summed E-state index contributed by atoms with van der Waals surface area (Å²) in [5.41, 5.74) is 1.45. The van der Waals surface area contributed by atoms with Crippen LogP contribution in [0.5, 0.6) is 11.6 Å². The number of ether oxygens (including phenoxy) is 1. The van der Waals surface area contributed by atoms with Crippen molar-refractivity contribution in [2.75, 3.05) is 6.26 Å². The summed E-state index contributed by atoms with van der Waals surface area (Å²) in [6.45, 7) is 1.90. The first-order valence-electron chi connectivity index (χ1n) is 5.39. The van der Waals surface area contributed by atoms with Crippen molar-refractivity contribution in [1.29, 1.82) is 5.26 Å². The molecule has 1 aromatic heterocycles. The topological polar surface area (TPSA) is 58.8 Å². The van der Waals surface area contributed by atoms with Crippen LogP contribution < -0.4 is 4.74 Å². The molecule has 0 unspecified atom stereocenters. The number of benzene rings is 1. The molecule has 19 heavy (non-hydrogen) atoms. The summed E-state index contributed by atoms with van der Waals surface area (Å²) in [7, 11) is 0. The van der Waals surface area contributed by atoms with Crippen molar-refractivity contribution in [2.45, 2.75) is 12.1 Å². The van der Waals surface area contributed by atoms with Crippen molar-refractivity contribution >= 4 is 23.4 Å². The van der Waals surface area contributed by atoms with E-state index in [0.29, 0.717) is 27.5 Å². The van der Waals surface area contributed by atoms with Gasteiger partial charge in [-0.2, -0.15) is 10.2 Å². The molecule has 2 rings (SSSR count). The fourth-order valence-electron chi connectivity index (χ4n) is 1.41. The Morgan fingerprint density at radius 1 is 1.32 bits per heavy atom. The van der Waals surface area contributed by atoms with Crippen LogP contribution in [0.3, 0.4) is 0 Å². The first kappa shape index (κ1) is 13.7.